The quantitative estimate of drug-likeness (QED) is 0.856. The summed E-state index contributed by atoms with van der Waals surface area (Å²) in [4.78, 5) is 3.84. The predicted molar refractivity (Wildman–Crippen MR) is 64.9 cm³/mol. The SMILES string of the molecule is N#Cc1ncn(Cc2ccc(F)c(Br)c2)c1C#N. The molecule has 1 aromatic heterocycles. The number of rotatable bonds is 2. The molecule has 0 bridgehead atoms. The van der Waals surface area contributed by atoms with Crippen molar-refractivity contribution >= 4 is 15.9 Å². The molecule has 0 aliphatic rings. The van der Waals surface area contributed by atoms with Crippen LogP contribution in [0.2, 0.25) is 0 Å². The average molecular weight is 305 g/mol. The normalized spacial score (nSPS) is 9.78. The van der Waals surface area contributed by atoms with Gasteiger partial charge in [-0.1, -0.05) is 6.07 Å². The molecule has 0 unspecified atom stereocenters. The van der Waals surface area contributed by atoms with Crippen molar-refractivity contribution in [3.05, 3.63) is 51.8 Å². The molecule has 1 heterocycles. The molecule has 88 valence electrons. The van der Waals surface area contributed by atoms with Gasteiger partial charge in [0.25, 0.3) is 0 Å². The molecule has 0 spiro atoms. The molecule has 0 saturated heterocycles. The number of aromatic nitrogens is 2. The van der Waals surface area contributed by atoms with Crippen molar-refractivity contribution in [3.63, 3.8) is 0 Å². The molecule has 0 N–H and O–H groups in total. The lowest BCUT2D eigenvalue weighted by molar-refractivity contribution is 0.619. The third-order valence-electron chi connectivity index (χ3n) is 2.39. The average Bonchev–Trinajstić information content (AvgIpc) is 2.75. The first-order valence-electron chi connectivity index (χ1n) is 4.95. The van der Waals surface area contributed by atoms with Crippen LogP contribution in [0.3, 0.4) is 0 Å². The van der Waals surface area contributed by atoms with E-state index in [4.69, 9.17) is 10.5 Å². The highest BCUT2D eigenvalue weighted by molar-refractivity contribution is 9.10. The van der Waals surface area contributed by atoms with E-state index in [1.165, 1.54) is 12.4 Å². The second-order valence-corrected chi connectivity index (χ2v) is 4.40. The minimum atomic E-state index is -0.345. The van der Waals surface area contributed by atoms with E-state index in [9.17, 15) is 4.39 Å². The van der Waals surface area contributed by atoms with Crippen LogP contribution in [0.4, 0.5) is 4.39 Å². The lowest BCUT2D eigenvalue weighted by Crippen LogP contribution is -2.01. The lowest BCUT2D eigenvalue weighted by atomic mass is 10.2. The van der Waals surface area contributed by atoms with Crippen molar-refractivity contribution in [3.8, 4) is 12.1 Å². The first-order chi connectivity index (χ1) is 8.65. The van der Waals surface area contributed by atoms with Crippen LogP contribution in [-0.2, 0) is 6.54 Å². The van der Waals surface area contributed by atoms with Gasteiger partial charge in [0.05, 0.1) is 10.8 Å². The van der Waals surface area contributed by atoms with Crippen LogP contribution in [0.15, 0.2) is 29.0 Å². The van der Waals surface area contributed by atoms with Crippen LogP contribution < -0.4 is 0 Å². The summed E-state index contributed by atoms with van der Waals surface area (Å²) in [6.45, 7) is 0.358. The van der Waals surface area contributed by atoms with E-state index in [1.807, 2.05) is 12.1 Å². The van der Waals surface area contributed by atoms with Crippen molar-refractivity contribution in [2.45, 2.75) is 6.54 Å². The van der Waals surface area contributed by atoms with Gasteiger partial charge in [-0.05, 0) is 33.6 Å². The van der Waals surface area contributed by atoms with E-state index >= 15 is 0 Å². The zero-order chi connectivity index (χ0) is 13.1. The number of nitrogens with zero attached hydrogens (tertiary/aromatic N) is 4. The number of benzene rings is 1. The van der Waals surface area contributed by atoms with E-state index in [2.05, 4.69) is 20.9 Å². The summed E-state index contributed by atoms with van der Waals surface area (Å²) in [7, 11) is 0. The summed E-state index contributed by atoms with van der Waals surface area (Å²) in [6, 6.07) is 8.37. The van der Waals surface area contributed by atoms with Gasteiger partial charge >= 0.3 is 0 Å². The lowest BCUT2D eigenvalue weighted by Gasteiger charge is -2.05. The summed E-state index contributed by atoms with van der Waals surface area (Å²) in [5.41, 5.74) is 1.11. The molecular weight excluding hydrogens is 299 g/mol. The van der Waals surface area contributed by atoms with Crippen molar-refractivity contribution in [1.29, 1.82) is 10.5 Å². The molecule has 0 amide bonds. The van der Waals surface area contributed by atoms with Gasteiger partial charge in [0.15, 0.2) is 11.4 Å². The molecule has 0 saturated carbocycles. The Morgan fingerprint density at radius 2 is 2.11 bits per heavy atom. The topological polar surface area (TPSA) is 65.4 Å². The maximum Gasteiger partial charge on any atom is 0.176 e. The van der Waals surface area contributed by atoms with E-state index in [1.54, 1.807) is 16.7 Å². The number of hydrogen-bond acceptors (Lipinski definition) is 3. The maximum atomic E-state index is 13.1. The third-order valence-corrected chi connectivity index (χ3v) is 2.99. The van der Waals surface area contributed by atoms with Crippen LogP contribution >= 0.6 is 15.9 Å². The van der Waals surface area contributed by atoms with Gasteiger partial charge in [-0.2, -0.15) is 10.5 Å². The van der Waals surface area contributed by atoms with Gasteiger partial charge in [-0.15, -0.1) is 0 Å². The second kappa shape index (κ2) is 4.99. The Morgan fingerprint density at radius 3 is 2.72 bits per heavy atom. The molecular formula is C12H6BrFN4. The molecule has 2 rings (SSSR count). The van der Waals surface area contributed by atoms with Crippen molar-refractivity contribution in [2.75, 3.05) is 0 Å². The zero-order valence-corrected chi connectivity index (χ0v) is 10.6. The maximum absolute atomic E-state index is 13.1. The van der Waals surface area contributed by atoms with E-state index in [0.717, 1.165) is 5.56 Å². The molecule has 0 aliphatic heterocycles. The number of halogens is 2. The second-order valence-electron chi connectivity index (χ2n) is 3.54. The summed E-state index contributed by atoms with van der Waals surface area (Å²) in [5, 5.41) is 17.7. The molecule has 18 heavy (non-hydrogen) atoms. The molecule has 1 aromatic carbocycles. The largest absolute Gasteiger partial charge is 0.317 e. The first-order valence-corrected chi connectivity index (χ1v) is 5.74. The Morgan fingerprint density at radius 1 is 1.33 bits per heavy atom. The van der Waals surface area contributed by atoms with Gasteiger partial charge in [-0.25, -0.2) is 9.37 Å². The molecule has 6 heteroatoms. The summed E-state index contributed by atoms with van der Waals surface area (Å²) < 4.78 is 15.0. The molecule has 0 fully saturated rings. The Bertz CT molecular complexity index is 678. The Labute approximate surface area is 111 Å². The minimum absolute atomic E-state index is 0.0960. The summed E-state index contributed by atoms with van der Waals surface area (Å²) in [6.07, 6.45) is 1.42. The van der Waals surface area contributed by atoms with Crippen LogP contribution in [0.1, 0.15) is 17.0 Å². The molecule has 0 atom stereocenters. The highest BCUT2D eigenvalue weighted by Gasteiger charge is 2.10. The zero-order valence-electron chi connectivity index (χ0n) is 9.06. The van der Waals surface area contributed by atoms with Crippen LogP contribution in [0.5, 0.6) is 0 Å². The Hall–Kier alpha value is -2.18. The molecule has 0 radical (unpaired) electrons. The standard InChI is InChI=1S/C12H6BrFN4/c13-9-3-8(1-2-10(9)14)6-18-7-17-11(4-15)12(18)5-16/h1-3,7H,6H2. The smallest absolute Gasteiger partial charge is 0.176 e. The van der Waals surface area contributed by atoms with Crippen LogP contribution in [-0.4, -0.2) is 9.55 Å². The fourth-order valence-corrected chi connectivity index (χ4v) is 1.96. The van der Waals surface area contributed by atoms with E-state index in [0.29, 0.717) is 11.0 Å². The van der Waals surface area contributed by atoms with Crippen molar-refractivity contribution < 1.29 is 4.39 Å². The Kier molecular flexibility index (Phi) is 3.40. The van der Waals surface area contributed by atoms with Crippen molar-refractivity contribution in [2.24, 2.45) is 0 Å². The minimum Gasteiger partial charge on any atom is -0.317 e. The van der Waals surface area contributed by atoms with Gasteiger partial charge in [-0.3, -0.25) is 0 Å². The summed E-state index contributed by atoms with van der Waals surface area (Å²) >= 11 is 3.10. The fourth-order valence-electron chi connectivity index (χ4n) is 1.54. The fraction of sp³-hybridized carbons (Fsp3) is 0.0833. The van der Waals surface area contributed by atoms with Crippen LogP contribution in [0, 0.1) is 28.5 Å². The molecule has 4 nitrogen and oxygen atoms in total. The summed E-state index contributed by atoms with van der Waals surface area (Å²) in [5.74, 6) is -0.345. The highest BCUT2D eigenvalue weighted by Crippen LogP contribution is 2.18. The molecule has 0 aliphatic carbocycles. The van der Waals surface area contributed by atoms with Gasteiger partial charge < -0.3 is 4.57 Å². The predicted octanol–water partition coefficient (Wildman–Crippen LogP) is 2.58. The number of imidazole rings is 1. The van der Waals surface area contributed by atoms with E-state index < -0.39 is 0 Å². The monoisotopic (exact) mass is 304 g/mol. The Balaban J connectivity index is 2.35. The third kappa shape index (κ3) is 2.24. The van der Waals surface area contributed by atoms with Gasteiger partial charge in [0.2, 0.25) is 0 Å². The number of nitriles is 2. The van der Waals surface area contributed by atoms with Crippen molar-refractivity contribution in [1.82, 2.24) is 9.55 Å². The molecule has 2 aromatic rings. The number of hydrogen-bond donors (Lipinski definition) is 0. The first kappa shape index (κ1) is 12.3. The van der Waals surface area contributed by atoms with E-state index in [-0.39, 0.29) is 17.2 Å². The van der Waals surface area contributed by atoms with Gasteiger partial charge in [0.1, 0.15) is 18.0 Å². The van der Waals surface area contributed by atoms with Gasteiger partial charge in [0, 0.05) is 6.54 Å². The van der Waals surface area contributed by atoms with Crippen LogP contribution in [0.25, 0.3) is 0 Å². The highest BCUT2D eigenvalue weighted by atomic mass is 79.9.